The normalized spacial score (nSPS) is 28.4. The Morgan fingerprint density at radius 2 is 2.24 bits per heavy atom. The second-order valence-corrected chi connectivity index (χ2v) is 5.70. The Morgan fingerprint density at radius 3 is 2.82 bits per heavy atom. The summed E-state index contributed by atoms with van der Waals surface area (Å²) in [6.07, 6.45) is 4.38. The lowest BCUT2D eigenvalue weighted by Crippen LogP contribution is -2.27. The molecule has 0 aliphatic heterocycles. The van der Waals surface area contributed by atoms with Gasteiger partial charge in [0.1, 0.15) is 0 Å². The van der Waals surface area contributed by atoms with E-state index in [1.54, 1.807) is 11.8 Å². The summed E-state index contributed by atoms with van der Waals surface area (Å²) in [4.78, 5) is 11.3. The number of carbonyl (C=O) groups excluding carboxylic acids is 1. The van der Waals surface area contributed by atoms with Crippen LogP contribution in [0.2, 0.25) is 0 Å². The van der Waals surface area contributed by atoms with Gasteiger partial charge in [0.25, 0.3) is 0 Å². The van der Waals surface area contributed by atoms with Crippen LogP contribution in [0.3, 0.4) is 0 Å². The number of nitriles is 1. The van der Waals surface area contributed by atoms with Gasteiger partial charge in [-0.05, 0) is 32.1 Å². The summed E-state index contributed by atoms with van der Waals surface area (Å²) in [7, 11) is 0. The lowest BCUT2D eigenvalue weighted by molar-refractivity contribution is -0.139. The quantitative estimate of drug-likeness (QED) is 0.709. The van der Waals surface area contributed by atoms with Crippen molar-refractivity contribution in [3.63, 3.8) is 0 Å². The number of hydrogen-bond donors (Lipinski definition) is 0. The standard InChI is InChI=1S/C13H21NO2S/c1-3-10-5-6-11(8-14)12(7-10)17-9-13(15)16-4-2/h10-12H,3-7,9H2,1-2H3. The third-order valence-corrected chi connectivity index (χ3v) is 4.72. The SMILES string of the molecule is CCOC(=O)CSC1CC(CC)CCC1C#N. The number of carbonyl (C=O) groups is 1. The first kappa shape index (κ1) is 14.4. The van der Waals surface area contributed by atoms with E-state index < -0.39 is 0 Å². The van der Waals surface area contributed by atoms with E-state index in [-0.39, 0.29) is 11.9 Å². The Kier molecular flexibility index (Phi) is 6.43. The summed E-state index contributed by atoms with van der Waals surface area (Å²) < 4.78 is 4.91. The molecule has 3 nitrogen and oxygen atoms in total. The number of rotatable bonds is 5. The molecular formula is C13H21NO2S. The molecule has 1 saturated carbocycles. The molecule has 3 unspecified atom stereocenters. The van der Waals surface area contributed by atoms with Crippen LogP contribution in [0, 0.1) is 23.2 Å². The number of esters is 1. The highest BCUT2D eigenvalue weighted by Crippen LogP contribution is 2.37. The Bertz CT molecular complexity index is 288. The van der Waals surface area contributed by atoms with Gasteiger partial charge in [-0.15, -0.1) is 11.8 Å². The van der Waals surface area contributed by atoms with Crippen molar-refractivity contribution in [2.45, 2.75) is 44.8 Å². The van der Waals surface area contributed by atoms with Gasteiger partial charge in [0.15, 0.2) is 0 Å². The lowest BCUT2D eigenvalue weighted by Gasteiger charge is -2.31. The molecule has 0 saturated heterocycles. The van der Waals surface area contributed by atoms with Crippen LogP contribution in [0.4, 0.5) is 0 Å². The predicted octanol–water partition coefficient (Wildman–Crippen LogP) is 3.00. The summed E-state index contributed by atoms with van der Waals surface area (Å²) >= 11 is 1.60. The van der Waals surface area contributed by atoms with Crippen molar-refractivity contribution in [2.24, 2.45) is 11.8 Å². The van der Waals surface area contributed by atoms with Crippen LogP contribution >= 0.6 is 11.8 Å². The maximum absolute atomic E-state index is 11.3. The Labute approximate surface area is 108 Å². The molecule has 0 N–H and O–H groups in total. The average molecular weight is 255 g/mol. The van der Waals surface area contributed by atoms with Crippen molar-refractivity contribution < 1.29 is 9.53 Å². The Balaban J connectivity index is 2.42. The topological polar surface area (TPSA) is 50.1 Å². The van der Waals surface area contributed by atoms with Crippen LogP contribution in [-0.2, 0) is 9.53 Å². The van der Waals surface area contributed by atoms with Crippen LogP contribution in [0.5, 0.6) is 0 Å². The third kappa shape index (κ3) is 4.59. The van der Waals surface area contributed by atoms with Gasteiger partial charge in [0, 0.05) is 5.25 Å². The van der Waals surface area contributed by atoms with E-state index in [1.807, 2.05) is 6.92 Å². The lowest BCUT2D eigenvalue weighted by atomic mass is 9.81. The van der Waals surface area contributed by atoms with Crippen LogP contribution in [0.15, 0.2) is 0 Å². The summed E-state index contributed by atoms with van der Waals surface area (Å²) in [5.41, 5.74) is 0. The van der Waals surface area contributed by atoms with Gasteiger partial charge >= 0.3 is 5.97 Å². The van der Waals surface area contributed by atoms with Gasteiger partial charge in [0.05, 0.1) is 24.3 Å². The molecule has 17 heavy (non-hydrogen) atoms. The summed E-state index contributed by atoms with van der Waals surface area (Å²) in [5, 5.41) is 9.42. The Morgan fingerprint density at radius 1 is 1.47 bits per heavy atom. The molecule has 1 aliphatic rings. The molecule has 3 atom stereocenters. The molecule has 0 bridgehead atoms. The zero-order chi connectivity index (χ0) is 12.7. The molecule has 0 radical (unpaired) electrons. The van der Waals surface area contributed by atoms with Crippen molar-refractivity contribution in [3.05, 3.63) is 0 Å². The summed E-state index contributed by atoms with van der Waals surface area (Å²) in [6.45, 7) is 4.45. The maximum Gasteiger partial charge on any atom is 0.315 e. The fourth-order valence-electron chi connectivity index (χ4n) is 2.29. The molecule has 0 aromatic heterocycles. The van der Waals surface area contributed by atoms with E-state index in [0.717, 1.165) is 25.2 Å². The van der Waals surface area contributed by atoms with Gasteiger partial charge in [0.2, 0.25) is 0 Å². The highest BCUT2D eigenvalue weighted by molar-refractivity contribution is 8.00. The maximum atomic E-state index is 11.3. The first-order valence-electron chi connectivity index (χ1n) is 6.38. The minimum Gasteiger partial charge on any atom is -0.465 e. The van der Waals surface area contributed by atoms with Crippen LogP contribution in [0.25, 0.3) is 0 Å². The molecule has 0 heterocycles. The smallest absolute Gasteiger partial charge is 0.315 e. The zero-order valence-electron chi connectivity index (χ0n) is 10.6. The van der Waals surface area contributed by atoms with Crippen molar-refractivity contribution >= 4 is 17.7 Å². The fraction of sp³-hybridized carbons (Fsp3) is 0.846. The molecule has 0 aromatic carbocycles. The van der Waals surface area contributed by atoms with E-state index >= 15 is 0 Å². The van der Waals surface area contributed by atoms with Crippen LogP contribution in [0.1, 0.15) is 39.5 Å². The van der Waals surface area contributed by atoms with Crippen molar-refractivity contribution in [2.75, 3.05) is 12.4 Å². The van der Waals surface area contributed by atoms with Crippen LogP contribution < -0.4 is 0 Å². The van der Waals surface area contributed by atoms with Gasteiger partial charge in [-0.2, -0.15) is 5.26 Å². The molecule has 0 spiro atoms. The van der Waals surface area contributed by atoms with Gasteiger partial charge in [-0.25, -0.2) is 0 Å². The molecule has 0 aromatic rings. The molecule has 0 amide bonds. The van der Waals surface area contributed by atoms with E-state index in [9.17, 15) is 4.79 Å². The number of hydrogen-bond acceptors (Lipinski definition) is 4. The Hall–Kier alpha value is -0.690. The first-order chi connectivity index (χ1) is 8.21. The summed E-state index contributed by atoms with van der Waals surface area (Å²) in [5.74, 6) is 1.05. The van der Waals surface area contributed by atoms with Crippen molar-refractivity contribution in [1.82, 2.24) is 0 Å². The monoisotopic (exact) mass is 255 g/mol. The molecule has 4 heteroatoms. The molecular weight excluding hydrogens is 234 g/mol. The second-order valence-electron chi connectivity index (χ2n) is 4.48. The molecule has 1 rings (SSSR count). The molecule has 96 valence electrons. The number of thioether (sulfide) groups is 1. The van der Waals surface area contributed by atoms with E-state index in [4.69, 9.17) is 10.00 Å². The number of nitrogens with zero attached hydrogens (tertiary/aromatic N) is 1. The van der Waals surface area contributed by atoms with Crippen molar-refractivity contribution in [3.8, 4) is 6.07 Å². The average Bonchev–Trinajstić information content (AvgIpc) is 2.36. The molecule has 1 aliphatic carbocycles. The first-order valence-corrected chi connectivity index (χ1v) is 7.42. The fourth-order valence-corrected chi connectivity index (χ4v) is 3.56. The number of ether oxygens (including phenoxy) is 1. The van der Waals surface area contributed by atoms with Crippen molar-refractivity contribution in [1.29, 1.82) is 5.26 Å². The minimum atomic E-state index is -0.159. The van der Waals surface area contributed by atoms with E-state index in [1.165, 1.54) is 6.42 Å². The summed E-state index contributed by atoms with van der Waals surface area (Å²) in [6, 6.07) is 2.38. The predicted molar refractivity (Wildman–Crippen MR) is 69.6 cm³/mol. The minimum absolute atomic E-state index is 0.109. The third-order valence-electron chi connectivity index (χ3n) is 3.36. The highest BCUT2D eigenvalue weighted by Gasteiger charge is 2.30. The van der Waals surface area contributed by atoms with Gasteiger partial charge in [-0.1, -0.05) is 13.3 Å². The highest BCUT2D eigenvalue weighted by atomic mass is 32.2. The second kappa shape index (κ2) is 7.60. The molecule has 1 fully saturated rings. The van der Waals surface area contributed by atoms with Crippen LogP contribution in [-0.4, -0.2) is 23.6 Å². The van der Waals surface area contributed by atoms with Gasteiger partial charge in [-0.3, -0.25) is 4.79 Å². The van der Waals surface area contributed by atoms with E-state index in [2.05, 4.69) is 13.0 Å². The zero-order valence-corrected chi connectivity index (χ0v) is 11.5. The van der Waals surface area contributed by atoms with E-state index in [0.29, 0.717) is 17.6 Å². The largest absolute Gasteiger partial charge is 0.465 e. The van der Waals surface area contributed by atoms with Gasteiger partial charge < -0.3 is 4.74 Å².